The van der Waals surface area contributed by atoms with Gasteiger partial charge >= 0.3 is 12.2 Å². The van der Waals surface area contributed by atoms with Crippen LogP contribution in [0.3, 0.4) is 0 Å². The number of aryl methyl sites for hydroxylation is 2. The molecule has 8 nitrogen and oxygen atoms in total. The van der Waals surface area contributed by atoms with Gasteiger partial charge in [-0.05, 0) is 25.1 Å². The molecule has 3 N–H and O–H groups in total. The Bertz CT molecular complexity index is 1070. The molecule has 2 amide bonds. The molecule has 0 unspecified atom stereocenters. The largest absolute Gasteiger partial charge is 0.416 e. The molecule has 0 aliphatic heterocycles. The second-order valence-electron chi connectivity index (χ2n) is 5.69. The number of rotatable bonds is 3. The van der Waals surface area contributed by atoms with E-state index < -0.39 is 23.3 Å². The van der Waals surface area contributed by atoms with Crippen molar-refractivity contribution in [2.75, 3.05) is 10.6 Å². The summed E-state index contributed by atoms with van der Waals surface area (Å²) in [6, 6.07) is 3.29. The van der Waals surface area contributed by atoms with Crippen molar-refractivity contribution >= 4 is 23.2 Å². The summed E-state index contributed by atoms with van der Waals surface area (Å²) in [5, 5.41) is 7.36. The summed E-state index contributed by atoms with van der Waals surface area (Å²) < 4.78 is 39.3. The van der Waals surface area contributed by atoms with Gasteiger partial charge in [-0.1, -0.05) is 13.0 Å². The number of fused-ring (bicyclic) bond motifs is 1. The van der Waals surface area contributed by atoms with Gasteiger partial charge in [-0.3, -0.25) is 9.89 Å². The van der Waals surface area contributed by atoms with Crippen LogP contribution in [0, 0.1) is 6.92 Å². The van der Waals surface area contributed by atoms with Crippen molar-refractivity contribution < 1.29 is 18.0 Å². The molecule has 0 radical (unpaired) electrons. The van der Waals surface area contributed by atoms with Gasteiger partial charge in [-0.25, -0.2) is 9.78 Å². The zero-order valence-electron chi connectivity index (χ0n) is 14.3. The highest BCUT2D eigenvalue weighted by atomic mass is 19.4. The first-order chi connectivity index (χ1) is 12.7. The fourth-order valence-electron chi connectivity index (χ4n) is 2.42. The lowest BCUT2D eigenvalue weighted by atomic mass is 10.2. The third-order valence-corrected chi connectivity index (χ3v) is 3.74. The zero-order valence-corrected chi connectivity index (χ0v) is 14.3. The van der Waals surface area contributed by atoms with E-state index in [2.05, 4.69) is 25.7 Å². The Morgan fingerprint density at radius 3 is 2.67 bits per heavy atom. The minimum absolute atomic E-state index is 0.0658. The van der Waals surface area contributed by atoms with E-state index in [1.807, 2.05) is 6.92 Å². The maximum atomic E-state index is 12.7. The van der Waals surface area contributed by atoms with Crippen molar-refractivity contribution in [2.24, 2.45) is 0 Å². The van der Waals surface area contributed by atoms with Crippen LogP contribution < -0.4 is 16.2 Å². The van der Waals surface area contributed by atoms with Gasteiger partial charge in [0, 0.05) is 12.1 Å². The summed E-state index contributed by atoms with van der Waals surface area (Å²) in [7, 11) is 0. The first-order valence-electron chi connectivity index (χ1n) is 7.92. The fraction of sp³-hybridized carbons (Fsp3) is 0.250. The minimum atomic E-state index is -4.53. The summed E-state index contributed by atoms with van der Waals surface area (Å²) in [4.78, 5) is 32.9. The highest BCUT2D eigenvalue weighted by Gasteiger charge is 2.30. The molecule has 0 saturated carbocycles. The molecule has 2 aromatic heterocycles. The van der Waals surface area contributed by atoms with Crippen molar-refractivity contribution in [2.45, 2.75) is 26.4 Å². The number of aromatic amines is 1. The van der Waals surface area contributed by atoms with E-state index in [9.17, 15) is 22.8 Å². The molecule has 3 aromatic rings. The van der Waals surface area contributed by atoms with Crippen LogP contribution in [0.4, 0.5) is 29.3 Å². The number of carbonyl (C=O) groups is 1. The van der Waals surface area contributed by atoms with Crippen LogP contribution in [0.25, 0.3) is 5.78 Å². The van der Waals surface area contributed by atoms with Gasteiger partial charge in [0.25, 0.3) is 11.3 Å². The third kappa shape index (κ3) is 3.76. The van der Waals surface area contributed by atoms with Crippen LogP contribution >= 0.6 is 0 Å². The zero-order chi connectivity index (χ0) is 19.8. The normalized spacial score (nSPS) is 11.6. The molecular formula is C16H15F3N6O2. The number of H-pyrrole nitrogens is 1. The van der Waals surface area contributed by atoms with Crippen LogP contribution in [0.2, 0.25) is 0 Å². The van der Waals surface area contributed by atoms with Gasteiger partial charge in [0.15, 0.2) is 0 Å². The van der Waals surface area contributed by atoms with Gasteiger partial charge < -0.3 is 10.6 Å². The van der Waals surface area contributed by atoms with Crippen LogP contribution in [0.5, 0.6) is 0 Å². The van der Waals surface area contributed by atoms with E-state index in [0.29, 0.717) is 12.2 Å². The quantitative estimate of drug-likeness (QED) is 0.650. The van der Waals surface area contributed by atoms with Gasteiger partial charge in [0.2, 0.25) is 0 Å². The van der Waals surface area contributed by atoms with Gasteiger partial charge in [0.05, 0.1) is 11.3 Å². The second-order valence-corrected chi connectivity index (χ2v) is 5.69. The lowest BCUT2D eigenvalue weighted by Gasteiger charge is -2.11. The number of anilines is 2. The first-order valence-corrected chi connectivity index (χ1v) is 7.92. The Morgan fingerprint density at radius 1 is 1.26 bits per heavy atom. The van der Waals surface area contributed by atoms with Gasteiger partial charge in [-0.15, -0.1) is 0 Å². The molecule has 0 aliphatic carbocycles. The Hall–Kier alpha value is -3.37. The number of urea groups is 1. The smallest absolute Gasteiger partial charge is 0.308 e. The molecule has 0 aliphatic rings. The van der Waals surface area contributed by atoms with Gasteiger partial charge in [-0.2, -0.15) is 22.7 Å². The average Bonchev–Trinajstić information content (AvgIpc) is 3.01. The second kappa shape index (κ2) is 6.74. The number of benzene rings is 1. The summed E-state index contributed by atoms with van der Waals surface area (Å²) in [6.45, 7) is 3.36. The molecule has 0 spiro atoms. The number of carbonyl (C=O) groups excluding carboxylic acids is 1. The number of alkyl halides is 3. The van der Waals surface area contributed by atoms with Crippen molar-refractivity contribution in [3.8, 4) is 0 Å². The molecule has 0 bridgehead atoms. The summed E-state index contributed by atoms with van der Waals surface area (Å²) in [5.41, 5.74) is -1.42. The lowest BCUT2D eigenvalue weighted by Crippen LogP contribution is -2.28. The van der Waals surface area contributed by atoms with Crippen LogP contribution in [0.1, 0.15) is 24.0 Å². The number of hydrogen-bond donors (Lipinski definition) is 3. The standard InChI is InChI=1S/C16H15F3N6O2/c1-3-11-22-14-20-8(2)12(13(26)25(14)24-11)23-15(27)21-10-6-4-5-9(7-10)16(17,18)19/h4-7H,3H2,1-2H3,(H,20,22,24)(H2,21,23,27). The summed E-state index contributed by atoms with van der Waals surface area (Å²) in [5.74, 6) is 0.711. The Kier molecular flexibility index (Phi) is 4.60. The number of halogens is 3. The average molecular weight is 380 g/mol. The van der Waals surface area contributed by atoms with Crippen molar-refractivity contribution in [1.29, 1.82) is 0 Å². The van der Waals surface area contributed by atoms with E-state index in [0.717, 1.165) is 16.6 Å². The predicted molar refractivity (Wildman–Crippen MR) is 91.8 cm³/mol. The third-order valence-electron chi connectivity index (χ3n) is 3.74. The molecule has 2 heterocycles. The van der Waals surface area contributed by atoms with E-state index in [1.54, 1.807) is 0 Å². The highest BCUT2D eigenvalue weighted by molar-refractivity contribution is 6.00. The maximum Gasteiger partial charge on any atom is 0.416 e. The molecule has 27 heavy (non-hydrogen) atoms. The van der Waals surface area contributed by atoms with Crippen LogP contribution in [-0.4, -0.2) is 25.6 Å². The molecule has 1 aromatic carbocycles. The molecule has 0 atom stereocenters. The number of amides is 2. The van der Waals surface area contributed by atoms with Crippen LogP contribution in [0.15, 0.2) is 29.1 Å². The molecule has 3 rings (SSSR count). The van der Waals surface area contributed by atoms with E-state index in [-0.39, 0.29) is 22.8 Å². The first kappa shape index (κ1) is 18.4. The summed E-state index contributed by atoms with van der Waals surface area (Å²) >= 11 is 0. The van der Waals surface area contributed by atoms with Crippen molar-refractivity contribution in [1.82, 2.24) is 19.6 Å². The van der Waals surface area contributed by atoms with E-state index in [4.69, 9.17) is 0 Å². The number of aromatic nitrogens is 4. The SMILES string of the molecule is CCc1nc2nc(C)c(NC(=O)Nc3cccc(C(F)(F)F)c3)c(=O)n2[nH]1. The Labute approximate surface area is 150 Å². The monoisotopic (exact) mass is 380 g/mol. The molecule has 0 fully saturated rings. The fourth-order valence-corrected chi connectivity index (χ4v) is 2.42. The lowest BCUT2D eigenvalue weighted by molar-refractivity contribution is -0.137. The van der Waals surface area contributed by atoms with Crippen molar-refractivity contribution in [3.63, 3.8) is 0 Å². The number of nitrogens with zero attached hydrogens (tertiary/aromatic N) is 3. The van der Waals surface area contributed by atoms with Gasteiger partial charge in [0.1, 0.15) is 11.5 Å². The number of hydrogen-bond acceptors (Lipinski definition) is 4. The summed E-state index contributed by atoms with van der Waals surface area (Å²) in [6.07, 6.45) is -3.98. The predicted octanol–water partition coefficient (Wildman–Crippen LogP) is 2.95. The van der Waals surface area contributed by atoms with Crippen LogP contribution in [-0.2, 0) is 12.6 Å². The number of nitrogens with one attached hydrogen (secondary N) is 3. The molecule has 142 valence electrons. The minimum Gasteiger partial charge on any atom is -0.308 e. The topological polar surface area (TPSA) is 104 Å². The molecular weight excluding hydrogens is 365 g/mol. The maximum absolute atomic E-state index is 12.7. The van der Waals surface area contributed by atoms with Crippen molar-refractivity contribution in [3.05, 3.63) is 51.7 Å². The van der Waals surface area contributed by atoms with E-state index in [1.165, 1.54) is 19.1 Å². The Balaban J connectivity index is 1.85. The highest BCUT2D eigenvalue weighted by Crippen LogP contribution is 2.30. The Morgan fingerprint density at radius 2 is 2.00 bits per heavy atom. The molecule has 11 heteroatoms. The van der Waals surface area contributed by atoms with E-state index >= 15 is 0 Å². The molecule has 0 saturated heterocycles.